The van der Waals surface area contributed by atoms with E-state index in [-0.39, 0.29) is 61.3 Å². The Morgan fingerprint density at radius 2 is 1.69 bits per heavy atom. The zero-order valence-corrected chi connectivity index (χ0v) is 28.7. The van der Waals surface area contributed by atoms with Crippen molar-refractivity contribution in [2.45, 2.75) is 96.4 Å². The molecule has 1 heterocycles. The Kier molecular flexibility index (Phi) is 13.9. The van der Waals surface area contributed by atoms with Gasteiger partial charge in [-0.1, -0.05) is 26.2 Å². The molecule has 5 amide bonds. The van der Waals surface area contributed by atoms with Gasteiger partial charge in [-0.15, -0.1) is 0 Å². The third kappa shape index (κ3) is 10.8. The molecule has 2 aromatic rings. The highest BCUT2D eigenvalue weighted by atomic mass is 19.1. The van der Waals surface area contributed by atoms with Gasteiger partial charge in [0.15, 0.2) is 0 Å². The number of aliphatic hydroxyl groups is 1. The van der Waals surface area contributed by atoms with E-state index in [0.717, 1.165) is 44.9 Å². The first-order valence-electron chi connectivity index (χ1n) is 17.2. The lowest BCUT2D eigenvalue weighted by Crippen LogP contribution is -2.48. The third-order valence-electron chi connectivity index (χ3n) is 9.15. The molecule has 2 aromatic carbocycles. The monoisotopic (exact) mass is 669 g/mol. The number of nitrogens with one attached hydrogen (secondary N) is 3. The number of anilines is 2. The number of urea groups is 2. The molecule has 0 spiro atoms. The molecule has 0 bridgehead atoms. The number of amides is 5. The first-order valence-corrected chi connectivity index (χ1v) is 17.2. The number of nitrogens with zero attached hydrogens (tertiary/aromatic N) is 2. The van der Waals surface area contributed by atoms with Crippen LogP contribution in [0.15, 0.2) is 42.5 Å². The van der Waals surface area contributed by atoms with Crippen molar-refractivity contribution in [2.75, 3.05) is 44.0 Å². The number of halogens is 1. The lowest BCUT2D eigenvalue weighted by atomic mass is 9.96. The van der Waals surface area contributed by atoms with Crippen LogP contribution in [-0.2, 0) is 4.74 Å². The second-order valence-electron chi connectivity index (χ2n) is 13.3. The molecule has 0 radical (unpaired) electrons. The van der Waals surface area contributed by atoms with Gasteiger partial charge < -0.3 is 40.3 Å². The standard InChI is InChI=1S/C36H52FN5O6/c1-24-21-42(25(2)23-43)34(44)31-20-30(39-35(45)38-28-11-6-5-7-12-28)17-18-32(31)48-26(3)10-8-9-19-47-33(24)22-41(4)36(46)40-29-15-13-27(37)14-16-29/h13-18,20,24-26,28,33,43H,5-12,19,21-23H2,1-4H3,(H,40,46)(H2,38,39,45)/t24-,25+,26+,33+/m0/s1. The maximum atomic E-state index is 14.3. The molecule has 4 rings (SSSR count). The van der Waals surface area contributed by atoms with E-state index in [1.54, 1.807) is 37.1 Å². The van der Waals surface area contributed by atoms with Crippen LogP contribution in [0.4, 0.5) is 25.4 Å². The van der Waals surface area contributed by atoms with Crippen molar-refractivity contribution in [3.05, 3.63) is 53.8 Å². The lowest BCUT2D eigenvalue weighted by Gasteiger charge is -2.35. The zero-order valence-electron chi connectivity index (χ0n) is 28.7. The summed E-state index contributed by atoms with van der Waals surface area (Å²) in [4.78, 5) is 43.3. The number of aliphatic hydroxyl groups excluding tert-OH is 1. The topological polar surface area (TPSA) is 132 Å². The number of carbonyl (C=O) groups is 3. The molecule has 0 saturated heterocycles. The van der Waals surface area contributed by atoms with E-state index < -0.39 is 18.0 Å². The Bertz CT molecular complexity index is 1350. The van der Waals surface area contributed by atoms with Gasteiger partial charge in [-0.3, -0.25) is 4.79 Å². The maximum Gasteiger partial charge on any atom is 0.321 e. The summed E-state index contributed by atoms with van der Waals surface area (Å²) in [6, 6.07) is 9.55. The normalized spacial score (nSPS) is 22.0. The van der Waals surface area contributed by atoms with Crippen LogP contribution >= 0.6 is 0 Å². The largest absolute Gasteiger partial charge is 0.490 e. The zero-order chi connectivity index (χ0) is 34.6. The quantitative estimate of drug-likeness (QED) is 0.276. The number of benzene rings is 2. The van der Waals surface area contributed by atoms with Gasteiger partial charge in [0.05, 0.1) is 30.4 Å². The Morgan fingerprint density at radius 3 is 2.40 bits per heavy atom. The summed E-state index contributed by atoms with van der Waals surface area (Å²) in [5.41, 5.74) is 1.22. The number of hydrogen-bond acceptors (Lipinski definition) is 6. The Labute approximate surface area is 283 Å². The van der Waals surface area contributed by atoms with Crippen LogP contribution in [0.5, 0.6) is 5.75 Å². The molecule has 11 nitrogen and oxygen atoms in total. The van der Waals surface area contributed by atoms with Crippen molar-refractivity contribution < 1.29 is 33.4 Å². The number of hydrogen-bond donors (Lipinski definition) is 4. The summed E-state index contributed by atoms with van der Waals surface area (Å²) in [7, 11) is 1.66. The van der Waals surface area contributed by atoms with Gasteiger partial charge in [-0.25, -0.2) is 14.0 Å². The van der Waals surface area contributed by atoms with E-state index in [1.165, 1.54) is 35.6 Å². The highest BCUT2D eigenvalue weighted by Gasteiger charge is 2.31. The molecule has 4 atom stereocenters. The second kappa shape index (κ2) is 18.0. The fraction of sp³-hybridized carbons (Fsp3) is 0.583. The fourth-order valence-corrected chi connectivity index (χ4v) is 6.17. The molecule has 1 saturated carbocycles. The Morgan fingerprint density at radius 1 is 1.00 bits per heavy atom. The second-order valence-corrected chi connectivity index (χ2v) is 13.3. The van der Waals surface area contributed by atoms with Crippen molar-refractivity contribution in [1.82, 2.24) is 15.1 Å². The molecule has 1 aliphatic heterocycles. The SMILES string of the molecule is C[C@@H]1CCCCO[C@H](CN(C)C(=O)Nc2ccc(F)cc2)[C@@H](C)CN([C@H](C)CO)C(=O)c2cc(NC(=O)NC3CCCCC3)ccc2O1. The maximum absolute atomic E-state index is 14.3. The molecule has 12 heteroatoms. The van der Waals surface area contributed by atoms with Gasteiger partial charge in [0.25, 0.3) is 5.91 Å². The van der Waals surface area contributed by atoms with Gasteiger partial charge in [0, 0.05) is 50.1 Å². The predicted molar refractivity (Wildman–Crippen MR) is 184 cm³/mol. The van der Waals surface area contributed by atoms with Crippen LogP contribution in [0, 0.1) is 11.7 Å². The summed E-state index contributed by atoms with van der Waals surface area (Å²) >= 11 is 0. The minimum absolute atomic E-state index is 0.132. The van der Waals surface area contributed by atoms with Crippen molar-refractivity contribution in [2.24, 2.45) is 5.92 Å². The summed E-state index contributed by atoms with van der Waals surface area (Å²) in [6.45, 7) is 6.36. The highest BCUT2D eigenvalue weighted by Crippen LogP contribution is 2.29. The first kappa shape index (κ1) is 36.9. The van der Waals surface area contributed by atoms with E-state index in [1.807, 2.05) is 13.8 Å². The third-order valence-corrected chi connectivity index (χ3v) is 9.15. The van der Waals surface area contributed by atoms with Crippen LogP contribution in [-0.4, -0.2) is 90.5 Å². The Balaban J connectivity index is 1.55. The minimum atomic E-state index is -0.538. The molecule has 1 fully saturated rings. The summed E-state index contributed by atoms with van der Waals surface area (Å²) in [5.74, 6) is -0.565. The molecule has 264 valence electrons. The number of carbonyl (C=O) groups excluding carboxylic acids is 3. The average Bonchev–Trinajstić information content (AvgIpc) is 3.07. The van der Waals surface area contributed by atoms with Gasteiger partial charge in [0.2, 0.25) is 0 Å². The summed E-state index contributed by atoms with van der Waals surface area (Å²) in [6.07, 6.45) is 7.01. The van der Waals surface area contributed by atoms with Crippen molar-refractivity contribution in [3.8, 4) is 5.75 Å². The molecule has 48 heavy (non-hydrogen) atoms. The predicted octanol–water partition coefficient (Wildman–Crippen LogP) is 6.24. The molecule has 0 unspecified atom stereocenters. The van der Waals surface area contributed by atoms with Gasteiger partial charge in [-0.2, -0.15) is 0 Å². The minimum Gasteiger partial charge on any atom is -0.490 e. The van der Waals surface area contributed by atoms with Crippen LogP contribution in [0.1, 0.15) is 82.5 Å². The number of ether oxygens (including phenoxy) is 2. The molecule has 1 aliphatic carbocycles. The highest BCUT2D eigenvalue weighted by molar-refractivity contribution is 5.99. The Hall–Kier alpha value is -3.90. The van der Waals surface area contributed by atoms with Crippen LogP contribution in [0.25, 0.3) is 0 Å². The van der Waals surface area contributed by atoms with E-state index in [0.29, 0.717) is 23.7 Å². The molecule has 0 aromatic heterocycles. The molecular formula is C36H52FN5O6. The number of fused-ring (bicyclic) bond motifs is 1. The average molecular weight is 670 g/mol. The van der Waals surface area contributed by atoms with E-state index >= 15 is 0 Å². The van der Waals surface area contributed by atoms with E-state index in [4.69, 9.17) is 9.47 Å². The van der Waals surface area contributed by atoms with Crippen LogP contribution < -0.4 is 20.7 Å². The summed E-state index contributed by atoms with van der Waals surface area (Å²) < 4.78 is 26.0. The van der Waals surface area contributed by atoms with Crippen LogP contribution in [0.2, 0.25) is 0 Å². The van der Waals surface area contributed by atoms with Crippen LogP contribution in [0.3, 0.4) is 0 Å². The van der Waals surface area contributed by atoms with Gasteiger partial charge in [-0.05, 0) is 88.4 Å². The number of rotatable bonds is 7. The van der Waals surface area contributed by atoms with E-state index in [9.17, 15) is 23.9 Å². The van der Waals surface area contributed by atoms with Crippen molar-refractivity contribution in [3.63, 3.8) is 0 Å². The summed E-state index contributed by atoms with van der Waals surface area (Å²) in [5, 5.41) is 18.9. The lowest BCUT2D eigenvalue weighted by molar-refractivity contribution is -0.0115. The molecule has 4 N–H and O–H groups in total. The van der Waals surface area contributed by atoms with Crippen molar-refractivity contribution in [1.29, 1.82) is 0 Å². The van der Waals surface area contributed by atoms with E-state index in [2.05, 4.69) is 16.0 Å². The van der Waals surface area contributed by atoms with Gasteiger partial charge in [0.1, 0.15) is 11.6 Å². The fourth-order valence-electron chi connectivity index (χ4n) is 6.17. The number of likely N-dealkylation sites (N-methyl/N-ethyl adjacent to an activating group) is 1. The van der Waals surface area contributed by atoms with Crippen molar-refractivity contribution >= 4 is 29.3 Å². The molecular weight excluding hydrogens is 617 g/mol. The molecule has 2 aliphatic rings. The smallest absolute Gasteiger partial charge is 0.321 e. The van der Waals surface area contributed by atoms with Gasteiger partial charge >= 0.3 is 12.1 Å². The first-order chi connectivity index (χ1) is 23.0.